The number of halogens is 2. The predicted molar refractivity (Wildman–Crippen MR) is 55.5 cm³/mol. The van der Waals surface area contributed by atoms with Crippen LogP contribution >= 0.6 is 0 Å². The van der Waals surface area contributed by atoms with E-state index in [-0.39, 0.29) is 5.56 Å². The van der Waals surface area contributed by atoms with Crippen LogP contribution in [-0.4, -0.2) is 10.1 Å². The highest BCUT2D eigenvalue weighted by Gasteiger charge is 2.08. The lowest BCUT2D eigenvalue weighted by Gasteiger charge is -2.05. The first-order valence-corrected chi connectivity index (χ1v) is 4.72. The fourth-order valence-corrected chi connectivity index (χ4v) is 1.45. The molecule has 0 amide bonds. The molecule has 0 aliphatic rings. The van der Waals surface area contributed by atoms with Crippen molar-refractivity contribution in [3.8, 4) is 11.1 Å². The number of hydrogen-bond donors (Lipinski definition) is 1. The molecule has 0 saturated carbocycles. The molecular formula is C12H9F2NO. The van der Waals surface area contributed by atoms with Gasteiger partial charge in [-0.05, 0) is 12.1 Å². The molecule has 1 aromatic carbocycles. The highest BCUT2D eigenvalue weighted by Crippen LogP contribution is 2.23. The Bertz CT molecular complexity index is 514. The van der Waals surface area contributed by atoms with Gasteiger partial charge < -0.3 is 5.11 Å². The Morgan fingerprint density at radius 1 is 1.19 bits per heavy atom. The maximum absolute atomic E-state index is 13.4. The summed E-state index contributed by atoms with van der Waals surface area (Å²) in [5.74, 6) is -1.14. The van der Waals surface area contributed by atoms with Crippen LogP contribution in [0.1, 0.15) is 5.56 Å². The van der Waals surface area contributed by atoms with Crippen LogP contribution < -0.4 is 0 Å². The van der Waals surface area contributed by atoms with E-state index in [2.05, 4.69) is 4.98 Å². The SMILES string of the molecule is OCc1cc(-c2ccccc2F)cnc1F. The molecule has 0 atom stereocenters. The molecule has 2 nitrogen and oxygen atoms in total. The molecule has 2 rings (SSSR count). The zero-order valence-electron chi connectivity index (χ0n) is 8.32. The van der Waals surface area contributed by atoms with E-state index in [0.29, 0.717) is 11.1 Å². The van der Waals surface area contributed by atoms with Crippen molar-refractivity contribution < 1.29 is 13.9 Å². The van der Waals surface area contributed by atoms with Gasteiger partial charge in [0.2, 0.25) is 5.95 Å². The van der Waals surface area contributed by atoms with E-state index in [0.717, 1.165) is 0 Å². The van der Waals surface area contributed by atoms with E-state index in [9.17, 15) is 8.78 Å². The van der Waals surface area contributed by atoms with Gasteiger partial charge in [-0.2, -0.15) is 4.39 Å². The van der Waals surface area contributed by atoms with Gasteiger partial charge in [0.05, 0.1) is 6.61 Å². The molecule has 0 unspecified atom stereocenters. The van der Waals surface area contributed by atoms with Crippen molar-refractivity contribution in [2.75, 3.05) is 0 Å². The molecule has 0 saturated heterocycles. The van der Waals surface area contributed by atoms with Gasteiger partial charge in [0.1, 0.15) is 5.82 Å². The number of rotatable bonds is 2. The highest BCUT2D eigenvalue weighted by molar-refractivity contribution is 5.63. The van der Waals surface area contributed by atoms with Crippen molar-refractivity contribution in [3.63, 3.8) is 0 Å². The van der Waals surface area contributed by atoms with Crippen molar-refractivity contribution in [3.05, 3.63) is 53.9 Å². The van der Waals surface area contributed by atoms with Gasteiger partial charge in [-0.15, -0.1) is 0 Å². The quantitative estimate of drug-likeness (QED) is 0.790. The summed E-state index contributed by atoms with van der Waals surface area (Å²) in [5, 5.41) is 8.89. The highest BCUT2D eigenvalue weighted by atomic mass is 19.1. The Hall–Kier alpha value is -1.81. The smallest absolute Gasteiger partial charge is 0.218 e. The molecule has 1 N–H and O–H groups in total. The summed E-state index contributed by atoms with van der Waals surface area (Å²) < 4.78 is 26.4. The molecule has 0 bridgehead atoms. The minimum absolute atomic E-state index is 0.0563. The molecule has 0 aliphatic carbocycles. The summed E-state index contributed by atoms with van der Waals surface area (Å²) in [6.45, 7) is -0.457. The van der Waals surface area contributed by atoms with E-state index in [1.807, 2.05) is 0 Å². The Labute approximate surface area is 91.2 Å². The minimum Gasteiger partial charge on any atom is -0.392 e. The topological polar surface area (TPSA) is 33.1 Å². The van der Waals surface area contributed by atoms with E-state index in [1.165, 1.54) is 18.3 Å². The van der Waals surface area contributed by atoms with Gasteiger partial charge in [0.25, 0.3) is 0 Å². The Kier molecular flexibility index (Phi) is 2.92. The van der Waals surface area contributed by atoms with Gasteiger partial charge in [-0.1, -0.05) is 18.2 Å². The first-order valence-electron chi connectivity index (χ1n) is 4.72. The second kappa shape index (κ2) is 4.37. The summed E-state index contributed by atoms with van der Waals surface area (Å²) in [5.41, 5.74) is 0.842. The van der Waals surface area contributed by atoms with Crippen LogP contribution in [0, 0.1) is 11.8 Å². The second-order valence-corrected chi connectivity index (χ2v) is 3.31. The maximum Gasteiger partial charge on any atom is 0.218 e. The molecule has 16 heavy (non-hydrogen) atoms. The average Bonchev–Trinajstić information content (AvgIpc) is 2.31. The average molecular weight is 221 g/mol. The van der Waals surface area contributed by atoms with Gasteiger partial charge in [-0.25, -0.2) is 9.37 Å². The first-order chi connectivity index (χ1) is 7.72. The van der Waals surface area contributed by atoms with Crippen molar-refractivity contribution >= 4 is 0 Å². The maximum atomic E-state index is 13.4. The van der Waals surface area contributed by atoms with Crippen molar-refractivity contribution in [2.45, 2.75) is 6.61 Å². The van der Waals surface area contributed by atoms with Crippen LogP contribution in [0.25, 0.3) is 11.1 Å². The van der Waals surface area contributed by atoms with Gasteiger partial charge in [-0.3, -0.25) is 0 Å². The molecular weight excluding hydrogens is 212 g/mol. The minimum atomic E-state index is -0.734. The molecule has 2 aromatic rings. The summed E-state index contributed by atoms with van der Waals surface area (Å²) >= 11 is 0. The predicted octanol–water partition coefficient (Wildman–Crippen LogP) is 2.52. The number of benzene rings is 1. The lowest BCUT2D eigenvalue weighted by atomic mass is 10.1. The molecule has 1 heterocycles. The molecule has 82 valence electrons. The van der Waals surface area contributed by atoms with Crippen LogP contribution in [-0.2, 0) is 6.61 Å². The second-order valence-electron chi connectivity index (χ2n) is 3.31. The molecule has 1 aromatic heterocycles. The van der Waals surface area contributed by atoms with Crippen LogP contribution in [0.15, 0.2) is 36.5 Å². The Balaban J connectivity index is 2.53. The lowest BCUT2D eigenvalue weighted by Crippen LogP contribution is -1.95. The third-order valence-corrected chi connectivity index (χ3v) is 2.27. The summed E-state index contributed by atoms with van der Waals surface area (Å²) in [6, 6.07) is 7.53. The third-order valence-electron chi connectivity index (χ3n) is 2.27. The number of aliphatic hydroxyl groups is 1. The zero-order chi connectivity index (χ0) is 11.5. The largest absolute Gasteiger partial charge is 0.392 e. The number of pyridine rings is 1. The van der Waals surface area contributed by atoms with Crippen LogP contribution in [0.3, 0.4) is 0 Å². The molecule has 0 aliphatic heterocycles. The van der Waals surface area contributed by atoms with E-state index in [4.69, 9.17) is 5.11 Å². The number of nitrogens with zero attached hydrogens (tertiary/aromatic N) is 1. The van der Waals surface area contributed by atoms with E-state index < -0.39 is 18.4 Å². The summed E-state index contributed by atoms with van der Waals surface area (Å²) in [7, 11) is 0. The van der Waals surface area contributed by atoms with Crippen molar-refractivity contribution in [2.24, 2.45) is 0 Å². The fraction of sp³-hybridized carbons (Fsp3) is 0.0833. The normalized spacial score (nSPS) is 10.4. The summed E-state index contributed by atoms with van der Waals surface area (Å²) in [6.07, 6.45) is 1.24. The Morgan fingerprint density at radius 3 is 2.62 bits per heavy atom. The lowest BCUT2D eigenvalue weighted by molar-refractivity contribution is 0.274. The van der Waals surface area contributed by atoms with Gasteiger partial charge in [0.15, 0.2) is 0 Å². The van der Waals surface area contributed by atoms with Crippen molar-refractivity contribution in [1.82, 2.24) is 4.98 Å². The standard InChI is InChI=1S/C12H9F2NO/c13-11-4-2-1-3-10(11)8-5-9(7-16)12(14)15-6-8/h1-6,16H,7H2. The van der Waals surface area contributed by atoms with Gasteiger partial charge in [0, 0.05) is 22.9 Å². The summed E-state index contributed by atoms with van der Waals surface area (Å²) in [4.78, 5) is 3.47. The zero-order valence-corrected chi connectivity index (χ0v) is 8.32. The fourth-order valence-electron chi connectivity index (χ4n) is 1.45. The number of aliphatic hydroxyl groups excluding tert-OH is 1. The van der Waals surface area contributed by atoms with E-state index >= 15 is 0 Å². The van der Waals surface area contributed by atoms with Crippen LogP contribution in [0.2, 0.25) is 0 Å². The van der Waals surface area contributed by atoms with Crippen LogP contribution in [0.5, 0.6) is 0 Å². The Morgan fingerprint density at radius 2 is 1.94 bits per heavy atom. The van der Waals surface area contributed by atoms with Gasteiger partial charge >= 0.3 is 0 Å². The molecule has 0 fully saturated rings. The molecule has 0 radical (unpaired) electrons. The number of hydrogen-bond acceptors (Lipinski definition) is 2. The molecule has 4 heteroatoms. The third kappa shape index (κ3) is 1.92. The number of aromatic nitrogens is 1. The monoisotopic (exact) mass is 221 g/mol. The van der Waals surface area contributed by atoms with E-state index in [1.54, 1.807) is 18.2 Å². The van der Waals surface area contributed by atoms with Crippen molar-refractivity contribution in [1.29, 1.82) is 0 Å². The molecule has 0 spiro atoms. The first kappa shape index (κ1) is 10.7. The van der Waals surface area contributed by atoms with Crippen LogP contribution in [0.4, 0.5) is 8.78 Å².